The van der Waals surface area contributed by atoms with E-state index in [1.165, 1.54) is 22.7 Å². The van der Waals surface area contributed by atoms with Crippen LogP contribution in [-0.4, -0.2) is 36.2 Å². The van der Waals surface area contributed by atoms with Crippen molar-refractivity contribution in [2.24, 2.45) is 0 Å². The van der Waals surface area contributed by atoms with Crippen LogP contribution in [0.2, 0.25) is 0 Å². The van der Waals surface area contributed by atoms with Crippen molar-refractivity contribution in [3.63, 3.8) is 0 Å². The maximum absolute atomic E-state index is 12.1. The highest BCUT2D eigenvalue weighted by Crippen LogP contribution is 2.34. The molecule has 9 heteroatoms. The highest BCUT2D eigenvalue weighted by molar-refractivity contribution is 7.26. The number of para-hydroxylation sites is 1. The Labute approximate surface area is 156 Å². The van der Waals surface area contributed by atoms with Crippen molar-refractivity contribution >= 4 is 50.9 Å². The largest absolute Gasteiger partial charge is 0.451 e. The number of nitrogens with zero attached hydrogens (tertiary/aromatic N) is 1. The van der Waals surface area contributed by atoms with Crippen LogP contribution in [0.1, 0.15) is 16.6 Å². The van der Waals surface area contributed by atoms with Gasteiger partial charge >= 0.3 is 12.1 Å². The lowest BCUT2D eigenvalue weighted by atomic mass is 10.3. The number of carbonyl (C=O) groups excluding carboxylic acids is 3. The topological polar surface area (TPSA) is 94.6 Å². The molecule has 0 spiro atoms. The number of alkyl carbamates (subject to hydrolysis) is 1. The zero-order valence-corrected chi connectivity index (χ0v) is 15.3. The van der Waals surface area contributed by atoms with Gasteiger partial charge < -0.3 is 9.47 Å². The molecule has 2 heterocycles. The van der Waals surface area contributed by atoms with E-state index >= 15 is 0 Å². The van der Waals surface area contributed by atoms with Gasteiger partial charge in [0, 0.05) is 0 Å². The van der Waals surface area contributed by atoms with E-state index in [4.69, 9.17) is 4.74 Å². The number of hydrogen-bond acceptors (Lipinski definition) is 8. The number of hydrogen-bond donors (Lipinski definition) is 1. The zero-order valence-electron chi connectivity index (χ0n) is 13.7. The van der Waals surface area contributed by atoms with E-state index in [0.29, 0.717) is 4.88 Å². The van der Waals surface area contributed by atoms with E-state index in [-0.39, 0.29) is 6.61 Å². The second kappa shape index (κ2) is 8.07. The normalized spacial score (nSPS) is 10.5. The molecule has 0 radical (unpaired) electrons. The highest BCUT2D eigenvalue weighted by atomic mass is 32.1. The lowest BCUT2D eigenvalue weighted by Gasteiger charge is -2.04. The van der Waals surface area contributed by atoms with Gasteiger partial charge in [-0.05, 0) is 31.2 Å². The first-order valence-electron chi connectivity index (χ1n) is 7.66. The molecule has 0 saturated carbocycles. The molecule has 1 aromatic carbocycles. The third kappa shape index (κ3) is 4.24. The Bertz CT molecular complexity index is 930. The van der Waals surface area contributed by atoms with E-state index in [9.17, 15) is 14.4 Å². The van der Waals surface area contributed by atoms with E-state index in [1.54, 1.807) is 19.1 Å². The number of esters is 1. The molecule has 3 rings (SSSR count). The molecular weight excluding hydrogens is 376 g/mol. The van der Waals surface area contributed by atoms with E-state index in [1.807, 2.05) is 29.6 Å². The molecule has 0 aliphatic heterocycles. The smallest absolute Gasteiger partial charge is 0.413 e. The Balaban J connectivity index is 1.61. The maximum atomic E-state index is 12.1. The van der Waals surface area contributed by atoms with Gasteiger partial charge in [0.05, 0.1) is 21.7 Å². The van der Waals surface area contributed by atoms with Gasteiger partial charge in [0.25, 0.3) is 5.91 Å². The number of aromatic nitrogens is 1. The van der Waals surface area contributed by atoms with Gasteiger partial charge in [0.15, 0.2) is 6.61 Å². The minimum Gasteiger partial charge on any atom is -0.451 e. The molecule has 0 atom stereocenters. The van der Waals surface area contributed by atoms with Crippen LogP contribution in [0.25, 0.3) is 20.1 Å². The summed E-state index contributed by atoms with van der Waals surface area (Å²) in [6.07, 6.45) is -0.872. The predicted molar refractivity (Wildman–Crippen MR) is 98.4 cm³/mol. The minimum absolute atomic E-state index is 0.142. The summed E-state index contributed by atoms with van der Waals surface area (Å²) >= 11 is 2.77. The van der Waals surface area contributed by atoms with Crippen molar-refractivity contribution in [3.05, 3.63) is 41.3 Å². The Kier molecular flexibility index (Phi) is 5.59. The fourth-order valence-electron chi connectivity index (χ4n) is 2.06. The number of nitrogens with one attached hydrogen (secondary N) is 1. The average Bonchev–Trinajstić information content (AvgIpc) is 3.26. The summed E-state index contributed by atoms with van der Waals surface area (Å²) in [4.78, 5) is 40.4. The lowest BCUT2D eigenvalue weighted by Crippen LogP contribution is -2.34. The number of thiazole rings is 1. The summed E-state index contributed by atoms with van der Waals surface area (Å²) in [6.45, 7) is 1.19. The molecule has 7 nitrogen and oxygen atoms in total. The van der Waals surface area contributed by atoms with Crippen molar-refractivity contribution in [2.45, 2.75) is 6.92 Å². The standard InChI is InChI=1S/C17H14N2O5S2/c1-2-23-17(22)19-14(20)9-24-16(21)13-8-7-12(25-13)15-18-10-5-3-4-6-11(10)26-15/h3-8H,2,9H2,1H3,(H,19,20,22). The van der Waals surface area contributed by atoms with Crippen molar-refractivity contribution in [2.75, 3.05) is 13.2 Å². The molecule has 0 saturated heterocycles. The van der Waals surface area contributed by atoms with Gasteiger partial charge in [-0.2, -0.15) is 0 Å². The summed E-state index contributed by atoms with van der Waals surface area (Å²) in [6, 6.07) is 11.2. The van der Waals surface area contributed by atoms with Gasteiger partial charge in [-0.1, -0.05) is 12.1 Å². The van der Waals surface area contributed by atoms with Gasteiger partial charge in [0.2, 0.25) is 0 Å². The number of ether oxygens (including phenoxy) is 2. The van der Waals surface area contributed by atoms with Crippen molar-refractivity contribution in [3.8, 4) is 9.88 Å². The van der Waals surface area contributed by atoms with Crippen LogP contribution < -0.4 is 5.32 Å². The van der Waals surface area contributed by atoms with Crippen LogP contribution >= 0.6 is 22.7 Å². The fraction of sp³-hybridized carbons (Fsp3) is 0.176. The first kappa shape index (κ1) is 18.0. The molecule has 0 aliphatic carbocycles. The van der Waals surface area contributed by atoms with Crippen LogP contribution in [0.3, 0.4) is 0 Å². The molecule has 0 fully saturated rings. The van der Waals surface area contributed by atoms with Crippen molar-refractivity contribution in [1.82, 2.24) is 10.3 Å². The lowest BCUT2D eigenvalue weighted by molar-refractivity contribution is -0.123. The number of amides is 2. The predicted octanol–water partition coefficient (Wildman–Crippen LogP) is 3.45. The van der Waals surface area contributed by atoms with E-state index in [2.05, 4.69) is 9.72 Å². The molecule has 0 bridgehead atoms. The molecule has 1 N–H and O–H groups in total. The number of carbonyl (C=O) groups is 3. The van der Waals surface area contributed by atoms with Gasteiger partial charge in [-0.3, -0.25) is 10.1 Å². The summed E-state index contributed by atoms with van der Waals surface area (Å²) < 4.78 is 10.5. The highest BCUT2D eigenvalue weighted by Gasteiger charge is 2.16. The molecular formula is C17H14N2O5S2. The SMILES string of the molecule is CCOC(=O)NC(=O)COC(=O)c1ccc(-c2nc3ccccc3s2)s1. The van der Waals surface area contributed by atoms with E-state index < -0.39 is 24.6 Å². The van der Waals surface area contributed by atoms with Crippen LogP contribution in [0.15, 0.2) is 36.4 Å². The second-order valence-corrected chi connectivity index (χ2v) is 7.11. The second-order valence-electron chi connectivity index (χ2n) is 5.00. The molecule has 0 aliphatic rings. The Morgan fingerprint density at radius 2 is 1.88 bits per heavy atom. The Hall–Kier alpha value is -2.78. The zero-order chi connectivity index (χ0) is 18.5. The van der Waals surface area contributed by atoms with Crippen molar-refractivity contribution < 1.29 is 23.9 Å². The van der Waals surface area contributed by atoms with Crippen molar-refractivity contribution in [1.29, 1.82) is 0 Å². The number of fused-ring (bicyclic) bond motifs is 1. The molecule has 2 amide bonds. The van der Waals surface area contributed by atoms with E-state index in [0.717, 1.165) is 20.1 Å². The number of benzene rings is 1. The summed E-state index contributed by atoms with van der Waals surface area (Å²) in [5.41, 5.74) is 0.903. The average molecular weight is 390 g/mol. The molecule has 0 unspecified atom stereocenters. The quantitative estimate of drug-likeness (QED) is 0.671. The summed E-state index contributed by atoms with van der Waals surface area (Å²) in [5.74, 6) is -1.39. The van der Waals surface area contributed by atoms with Gasteiger partial charge in [-0.15, -0.1) is 22.7 Å². The molecule has 2 aromatic heterocycles. The summed E-state index contributed by atoms with van der Waals surface area (Å²) in [5, 5.41) is 2.77. The van der Waals surface area contributed by atoms with Crippen LogP contribution in [-0.2, 0) is 14.3 Å². The maximum Gasteiger partial charge on any atom is 0.413 e. The monoisotopic (exact) mass is 390 g/mol. The number of imide groups is 1. The molecule has 134 valence electrons. The van der Waals surface area contributed by atoms with Crippen LogP contribution in [0.5, 0.6) is 0 Å². The third-order valence-electron chi connectivity index (χ3n) is 3.16. The molecule has 26 heavy (non-hydrogen) atoms. The first-order valence-corrected chi connectivity index (χ1v) is 9.29. The Morgan fingerprint density at radius 3 is 2.65 bits per heavy atom. The summed E-state index contributed by atoms with van der Waals surface area (Å²) in [7, 11) is 0. The van der Waals surface area contributed by atoms with Crippen LogP contribution in [0.4, 0.5) is 4.79 Å². The van der Waals surface area contributed by atoms with Gasteiger partial charge in [-0.25, -0.2) is 14.6 Å². The molecule has 3 aromatic rings. The number of thiophene rings is 1. The fourth-order valence-corrected chi connectivity index (χ4v) is 3.98. The number of rotatable bonds is 5. The third-order valence-corrected chi connectivity index (χ3v) is 5.43. The van der Waals surface area contributed by atoms with Gasteiger partial charge in [0.1, 0.15) is 9.88 Å². The minimum atomic E-state index is -0.872. The Morgan fingerprint density at radius 1 is 1.08 bits per heavy atom. The van der Waals surface area contributed by atoms with Crippen LogP contribution in [0, 0.1) is 0 Å². The first-order chi connectivity index (χ1) is 12.6.